The van der Waals surface area contributed by atoms with E-state index in [0.717, 1.165) is 36.4 Å². The van der Waals surface area contributed by atoms with Gasteiger partial charge >= 0.3 is 12.4 Å². The molecule has 2 aromatic carbocycles. The summed E-state index contributed by atoms with van der Waals surface area (Å²) in [5.41, 5.74) is -0.664. The van der Waals surface area contributed by atoms with E-state index in [1.54, 1.807) is 0 Å². The van der Waals surface area contributed by atoms with Crippen molar-refractivity contribution in [2.75, 3.05) is 11.5 Å². The van der Waals surface area contributed by atoms with Gasteiger partial charge in [0, 0.05) is 10.0 Å². The molecule has 36 heavy (non-hydrogen) atoms. The third-order valence-electron chi connectivity index (χ3n) is 4.60. The minimum absolute atomic E-state index is 0.0164. The molecule has 198 valence electrons. The summed E-state index contributed by atoms with van der Waals surface area (Å²) >= 11 is 12.3. The van der Waals surface area contributed by atoms with E-state index in [1.807, 2.05) is 0 Å². The zero-order valence-corrected chi connectivity index (χ0v) is 22.0. The number of alkyl halides is 6. The number of amides is 1. The van der Waals surface area contributed by atoms with Crippen LogP contribution in [0.25, 0.3) is 5.83 Å². The van der Waals surface area contributed by atoms with Crippen LogP contribution in [-0.4, -0.2) is 40.4 Å². The van der Waals surface area contributed by atoms with Gasteiger partial charge < -0.3 is 9.87 Å². The Morgan fingerprint density at radius 2 is 1.75 bits per heavy atom. The van der Waals surface area contributed by atoms with Gasteiger partial charge in [-0.05, 0) is 69.9 Å². The van der Waals surface area contributed by atoms with Gasteiger partial charge in [0.25, 0.3) is 5.91 Å². The van der Waals surface area contributed by atoms with E-state index in [1.165, 1.54) is 6.92 Å². The average Bonchev–Trinajstić information content (AvgIpc) is 2.71. The summed E-state index contributed by atoms with van der Waals surface area (Å²) in [4.78, 5) is 12.4. The molecule has 3 atom stereocenters. The number of nitrogens with one attached hydrogen (secondary N) is 1. The molecule has 0 saturated heterocycles. The Kier molecular flexibility index (Phi) is 10.6. The van der Waals surface area contributed by atoms with Crippen LogP contribution in [0.5, 0.6) is 0 Å². The predicted molar refractivity (Wildman–Crippen MR) is 129 cm³/mol. The normalized spacial score (nSPS) is 15.4. The standard InChI is InChI=1S/C22H17BrCl2F7NO2S/c1-11(9-36(35)10-21(27,28)29)33-20(34)14-4-2-13(6-16(14)23)19(26)8-15(22(30,31)32)12-3-5-17(24)18(25)7-12/h2-8,11,15H,9-10H2,1H3,(H,33,34)/b19-8-/t11-,15?,36?/m1/s1. The first-order chi connectivity index (χ1) is 16.5. The minimum atomic E-state index is -4.85. The number of hydrogen-bond donors (Lipinski definition) is 1. The number of hydrogen-bond acceptors (Lipinski definition) is 2. The van der Waals surface area contributed by atoms with E-state index in [9.17, 15) is 40.1 Å². The molecule has 1 N–H and O–H groups in total. The number of allylic oxidation sites excluding steroid dienone is 1. The molecule has 0 spiro atoms. The molecule has 14 heteroatoms. The van der Waals surface area contributed by atoms with Crippen molar-refractivity contribution >= 4 is 62.0 Å². The molecule has 0 aromatic heterocycles. The second-order valence-corrected chi connectivity index (χ2v) is 10.8. The molecule has 0 saturated carbocycles. The summed E-state index contributed by atoms with van der Waals surface area (Å²) < 4.78 is 104. The molecular formula is C22H17BrCl2F7NO2S. The lowest BCUT2D eigenvalue weighted by Gasteiger charge is -2.19. The number of benzene rings is 2. The summed E-state index contributed by atoms with van der Waals surface area (Å²) in [5, 5.41) is 2.28. The zero-order valence-electron chi connectivity index (χ0n) is 18.1. The third kappa shape index (κ3) is 9.13. The Labute approximate surface area is 223 Å². The van der Waals surface area contributed by atoms with Gasteiger partial charge in [-0.1, -0.05) is 35.3 Å². The molecule has 2 unspecified atom stereocenters. The molecule has 0 fully saturated rings. The minimum Gasteiger partial charge on any atom is -0.616 e. The Morgan fingerprint density at radius 3 is 2.28 bits per heavy atom. The zero-order chi connectivity index (χ0) is 27.4. The van der Waals surface area contributed by atoms with Crippen molar-refractivity contribution in [2.24, 2.45) is 0 Å². The molecule has 0 aliphatic rings. The first-order valence-corrected chi connectivity index (χ1v) is 12.9. The van der Waals surface area contributed by atoms with E-state index in [4.69, 9.17) is 23.2 Å². The van der Waals surface area contributed by atoms with Crippen molar-refractivity contribution in [1.82, 2.24) is 5.32 Å². The highest BCUT2D eigenvalue weighted by molar-refractivity contribution is 9.10. The van der Waals surface area contributed by atoms with E-state index in [-0.39, 0.29) is 31.2 Å². The molecular weight excluding hydrogens is 626 g/mol. The van der Waals surface area contributed by atoms with Gasteiger partial charge in [-0.15, -0.1) is 0 Å². The Morgan fingerprint density at radius 1 is 1.11 bits per heavy atom. The van der Waals surface area contributed by atoms with Gasteiger partial charge in [0.2, 0.25) is 5.75 Å². The van der Waals surface area contributed by atoms with Gasteiger partial charge in [0.05, 0.1) is 21.7 Å². The van der Waals surface area contributed by atoms with Crippen LogP contribution in [0, 0.1) is 0 Å². The number of halogens is 10. The van der Waals surface area contributed by atoms with Crippen molar-refractivity contribution in [3.63, 3.8) is 0 Å². The summed E-state index contributed by atoms with van der Waals surface area (Å²) in [6.07, 6.45) is -9.11. The predicted octanol–water partition coefficient (Wildman–Crippen LogP) is 7.84. The summed E-state index contributed by atoms with van der Waals surface area (Å²) in [7, 11) is 0. The quantitative estimate of drug-likeness (QED) is 0.236. The van der Waals surface area contributed by atoms with Crippen molar-refractivity contribution in [1.29, 1.82) is 0 Å². The monoisotopic (exact) mass is 641 g/mol. The SMILES string of the molecule is C[C@H](C[S+]([O-])CC(F)(F)F)NC(=O)c1ccc(/C(F)=C/C(c2ccc(Cl)c(Cl)c2)C(F)(F)F)cc1Br. The lowest BCUT2D eigenvalue weighted by Crippen LogP contribution is -2.39. The van der Waals surface area contributed by atoms with Crippen LogP contribution < -0.4 is 5.32 Å². The highest BCUT2D eigenvalue weighted by Gasteiger charge is 2.40. The molecule has 2 rings (SSSR count). The topological polar surface area (TPSA) is 52.2 Å². The van der Waals surface area contributed by atoms with E-state index < -0.39 is 58.7 Å². The summed E-state index contributed by atoms with van der Waals surface area (Å²) in [6, 6.07) is 5.61. The first kappa shape index (κ1) is 30.8. The Bertz CT molecular complexity index is 1130. The third-order valence-corrected chi connectivity index (χ3v) is 7.51. The van der Waals surface area contributed by atoms with Crippen LogP contribution in [0.4, 0.5) is 30.7 Å². The van der Waals surface area contributed by atoms with Gasteiger partial charge in [-0.25, -0.2) is 4.39 Å². The average molecular weight is 643 g/mol. The number of carbonyl (C=O) groups is 1. The van der Waals surface area contributed by atoms with Crippen LogP contribution >= 0.6 is 39.1 Å². The maximum Gasteiger partial charge on any atom is 0.433 e. The van der Waals surface area contributed by atoms with Crippen molar-refractivity contribution in [3.8, 4) is 0 Å². The van der Waals surface area contributed by atoms with Crippen LogP contribution in [-0.2, 0) is 11.2 Å². The lowest BCUT2D eigenvalue weighted by molar-refractivity contribution is -0.139. The van der Waals surface area contributed by atoms with Crippen LogP contribution in [0.1, 0.15) is 34.3 Å². The number of carbonyl (C=O) groups excluding carboxylic acids is 1. The maximum atomic E-state index is 14.8. The van der Waals surface area contributed by atoms with Crippen LogP contribution in [0.2, 0.25) is 10.0 Å². The summed E-state index contributed by atoms with van der Waals surface area (Å²) in [5.74, 6) is -6.30. The molecule has 0 radical (unpaired) electrons. The van der Waals surface area contributed by atoms with Crippen LogP contribution in [0.15, 0.2) is 46.9 Å². The Hall–Kier alpha value is -1.47. The van der Waals surface area contributed by atoms with Gasteiger partial charge in [-0.3, -0.25) is 4.79 Å². The van der Waals surface area contributed by atoms with Crippen LogP contribution in [0.3, 0.4) is 0 Å². The van der Waals surface area contributed by atoms with E-state index in [0.29, 0.717) is 6.08 Å². The fourth-order valence-electron chi connectivity index (χ4n) is 3.04. The van der Waals surface area contributed by atoms with Gasteiger partial charge in [0.1, 0.15) is 17.5 Å². The molecule has 0 aliphatic carbocycles. The van der Waals surface area contributed by atoms with Crippen molar-refractivity contribution in [3.05, 3.63) is 73.7 Å². The fraction of sp³-hybridized carbons (Fsp3) is 0.318. The van der Waals surface area contributed by atoms with Crippen molar-refractivity contribution < 1.29 is 40.1 Å². The highest BCUT2D eigenvalue weighted by atomic mass is 79.9. The molecule has 0 bridgehead atoms. The first-order valence-electron chi connectivity index (χ1n) is 9.89. The second-order valence-electron chi connectivity index (χ2n) is 7.64. The van der Waals surface area contributed by atoms with Crippen molar-refractivity contribution in [2.45, 2.75) is 31.2 Å². The van der Waals surface area contributed by atoms with E-state index in [2.05, 4.69) is 21.2 Å². The fourth-order valence-corrected chi connectivity index (χ4v) is 5.03. The van der Waals surface area contributed by atoms with E-state index >= 15 is 0 Å². The van der Waals surface area contributed by atoms with Gasteiger partial charge in [-0.2, -0.15) is 26.3 Å². The Balaban J connectivity index is 2.21. The highest BCUT2D eigenvalue weighted by Crippen LogP contribution is 2.40. The lowest BCUT2D eigenvalue weighted by atomic mass is 9.96. The largest absolute Gasteiger partial charge is 0.616 e. The molecule has 2 aromatic rings. The molecule has 3 nitrogen and oxygen atoms in total. The molecule has 1 amide bonds. The number of rotatable bonds is 8. The maximum absolute atomic E-state index is 14.8. The second kappa shape index (κ2) is 12.4. The summed E-state index contributed by atoms with van der Waals surface area (Å²) in [6.45, 7) is 1.36. The smallest absolute Gasteiger partial charge is 0.433 e. The van der Waals surface area contributed by atoms with Gasteiger partial charge in [0.15, 0.2) is 0 Å². The molecule has 0 aliphatic heterocycles. The molecule has 0 heterocycles.